The Kier molecular flexibility index (Phi) is 5.29. The second-order valence-electron chi connectivity index (χ2n) is 6.03. The highest BCUT2D eigenvalue weighted by Crippen LogP contribution is 2.21. The van der Waals surface area contributed by atoms with Gasteiger partial charge in [0.15, 0.2) is 0 Å². The molecule has 1 heterocycles. The topological polar surface area (TPSA) is 71.5 Å². The lowest BCUT2D eigenvalue weighted by Crippen LogP contribution is -2.33. The highest BCUT2D eigenvalue weighted by Gasteiger charge is 2.29. The van der Waals surface area contributed by atoms with E-state index in [-0.39, 0.29) is 12.3 Å². The normalized spacial score (nSPS) is 21.5. The number of sulfone groups is 1. The van der Waals surface area contributed by atoms with Crippen LogP contribution in [0.15, 0.2) is 24.3 Å². The predicted molar refractivity (Wildman–Crippen MR) is 87.9 cm³/mol. The fourth-order valence-electron chi connectivity index (χ4n) is 2.85. The molecular formula is C15H23NO4S2. The van der Waals surface area contributed by atoms with E-state index in [9.17, 15) is 16.8 Å². The fraction of sp³-hybridized carbons (Fsp3) is 0.600. The number of hydrogen-bond acceptors (Lipinski definition) is 4. The third kappa shape index (κ3) is 4.54. The molecule has 124 valence electrons. The van der Waals surface area contributed by atoms with Crippen molar-refractivity contribution in [2.24, 2.45) is 0 Å². The molecule has 1 fully saturated rings. The summed E-state index contributed by atoms with van der Waals surface area (Å²) in [6.45, 7) is 2.62. The molecule has 0 radical (unpaired) electrons. The molecule has 1 unspecified atom stereocenters. The number of rotatable bonds is 4. The molecule has 0 saturated carbocycles. The van der Waals surface area contributed by atoms with Gasteiger partial charge >= 0.3 is 0 Å². The molecule has 7 heteroatoms. The van der Waals surface area contributed by atoms with Gasteiger partial charge in [-0.15, -0.1) is 0 Å². The van der Waals surface area contributed by atoms with E-state index >= 15 is 0 Å². The molecule has 0 aromatic heterocycles. The zero-order valence-corrected chi connectivity index (χ0v) is 14.7. The SMILES string of the molecule is Cc1cccc(CS(=O)(=O)N2CCCC(S(C)(=O)=O)CC2)c1. The van der Waals surface area contributed by atoms with E-state index in [2.05, 4.69) is 0 Å². The van der Waals surface area contributed by atoms with Crippen molar-refractivity contribution in [3.63, 3.8) is 0 Å². The van der Waals surface area contributed by atoms with Gasteiger partial charge in [0, 0.05) is 19.3 Å². The minimum absolute atomic E-state index is 0.0295. The molecule has 1 aromatic carbocycles. The first-order valence-electron chi connectivity index (χ1n) is 7.41. The minimum atomic E-state index is -3.41. The van der Waals surface area contributed by atoms with Crippen LogP contribution in [0.25, 0.3) is 0 Å². The number of benzene rings is 1. The highest BCUT2D eigenvalue weighted by atomic mass is 32.2. The molecule has 0 aliphatic carbocycles. The highest BCUT2D eigenvalue weighted by molar-refractivity contribution is 7.91. The Labute approximate surface area is 133 Å². The van der Waals surface area contributed by atoms with Gasteiger partial charge < -0.3 is 0 Å². The molecule has 0 N–H and O–H groups in total. The second kappa shape index (κ2) is 6.68. The smallest absolute Gasteiger partial charge is 0.218 e. The number of aryl methyl sites for hydroxylation is 1. The van der Waals surface area contributed by atoms with Crippen molar-refractivity contribution in [2.75, 3.05) is 19.3 Å². The Morgan fingerprint density at radius 1 is 1.14 bits per heavy atom. The van der Waals surface area contributed by atoms with Crippen LogP contribution in [-0.4, -0.2) is 45.7 Å². The Morgan fingerprint density at radius 3 is 2.50 bits per heavy atom. The van der Waals surface area contributed by atoms with Gasteiger partial charge in [-0.3, -0.25) is 0 Å². The largest absolute Gasteiger partial charge is 0.229 e. The van der Waals surface area contributed by atoms with Gasteiger partial charge in [0.1, 0.15) is 9.84 Å². The summed E-state index contributed by atoms with van der Waals surface area (Å²) in [5.41, 5.74) is 1.80. The molecule has 0 spiro atoms. The van der Waals surface area contributed by atoms with Gasteiger partial charge in [-0.25, -0.2) is 21.1 Å². The quantitative estimate of drug-likeness (QED) is 0.833. The molecule has 0 amide bonds. The lowest BCUT2D eigenvalue weighted by Gasteiger charge is -2.20. The van der Waals surface area contributed by atoms with Crippen molar-refractivity contribution >= 4 is 19.9 Å². The zero-order valence-electron chi connectivity index (χ0n) is 13.0. The van der Waals surface area contributed by atoms with Crippen LogP contribution in [0.4, 0.5) is 0 Å². The molecule has 1 saturated heterocycles. The van der Waals surface area contributed by atoms with Crippen LogP contribution < -0.4 is 0 Å². The van der Waals surface area contributed by atoms with Crippen molar-refractivity contribution in [2.45, 2.75) is 37.2 Å². The summed E-state index contributed by atoms with van der Waals surface area (Å²) < 4.78 is 49.9. The van der Waals surface area contributed by atoms with Gasteiger partial charge in [-0.2, -0.15) is 0 Å². The van der Waals surface area contributed by atoms with E-state index in [0.29, 0.717) is 25.8 Å². The van der Waals surface area contributed by atoms with Crippen LogP contribution in [0, 0.1) is 6.92 Å². The maximum atomic E-state index is 12.6. The summed E-state index contributed by atoms with van der Waals surface area (Å²) in [5.74, 6) is -0.0295. The molecule has 5 nitrogen and oxygen atoms in total. The minimum Gasteiger partial charge on any atom is -0.229 e. The first-order chi connectivity index (χ1) is 10.2. The fourth-order valence-corrected chi connectivity index (χ4v) is 5.55. The summed E-state index contributed by atoms with van der Waals surface area (Å²) in [4.78, 5) is 0. The van der Waals surface area contributed by atoms with Crippen LogP contribution in [0.3, 0.4) is 0 Å². The Balaban J connectivity index is 2.10. The third-order valence-electron chi connectivity index (χ3n) is 4.06. The first-order valence-corrected chi connectivity index (χ1v) is 11.0. The van der Waals surface area contributed by atoms with Crippen LogP contribution >= 0.6 is 0 Å². The maximum absolute atomic E-state index is 12.6. The molecular weight excluding hydrogens is 322 g/mol. The van der Waals surface area contributed by atoms with Crippen molar-refractivity contribution in [1.29, 1.82) is 0 Å². The van der Waals surface area contributed by atoms with Gasteiger partial charge in [0.2, 0.25) is 10.0 Å². The summed E-state index contributed by atoms with van der Waals surface area (Å²) in [6, 6.07) is 7.46. The van der Waals surface area contributed by atoms with E-state index in [1.807, 2.05) is 31.2 Å². The van der Waals surface area contributed by atoms with Gasteiger partial charge in [0.05, 0.1) is 11.0 Å². The average Bonchev–Trinajstić information content (AvgIpc) is 2.63. The maximum Gasteiger partial charge on any atom is 0.218 e. The molecule has 1 aliphatic heterocycles. The van der Waals surface area contributed by atoms with E-state index in [4.69, 9.17) is 0 Å². The van der Waals surface area contributed by atoms with Crippen LogP contribution in [0.1, 0.15) is 30.4 Å². The average molecular weight is 345 g/mol. The number of sulfonamides is 1. The monoisotopic (exact) mass is 345 g/mol. The molecule has 0 bridgehead atoms. The van der Waals surface area contributed by atoms with Crippen molar-refractivity contribution < 1.29 is 16.8 Å². The van der Waals surface area contributed by atoms with Crippen molar-refractivity contribution in [1.82, 2.24) is 4.31 Å². The van der Waals surface area contributed by atoms with Gasteiger partial charge in [-0.1, -0.05) is 29.8 Å². The number of hydrogen-bond donors (Lipinski definition) is 0. The summed E-state index contributed by atoms with van der Waals surface area (Å²) in [6.07, 6.45) is 2.74. The molecule has 1 aliphatic rings. The molecule has 2 rings (SSSR count). The van der Waals surface area contributed by atoms with Crippen molar-refractivity contribution in [3.05, 3.63) is 35.4 Å². The van der Waals surface area contributed by atoms with Gasteiger partial charge in [-0.05, 0) is 31.7 Å². The first kappa shape index (κ1) is 17.4. The van der Waals surface area contributed by atoms with E-state index < -0.39 is 25.1 Å². The Hall–Kier alpha value is -0.920. The van der Waals surface area contributed by atoms with E-state index in [0.717, 1.165) is 11.1 Å². The summed E-state index contributed by atoms with van der Waals surface area (Å²) in [7, 11) is -6.51. The van der Waals surface area contributed by atoms with Crippen LogP contribution in [0.2, 0.25) is 0 Å². The van der Waals surface area contributed by atoms with Crippen LogP contribution in [0.5, 0.6) is 0 Å². The van der Waals surface area contributed by atoms with Gasteiger partial charge in [0.25, 0.3) is 0 Å². The number of nitrogens with zero attached hydrogens (tertiary/aromatic N) is 1. The summed E-state index contributed by atoms with van der Waals surface area (Å²) >= 11 is 0. The molecule has 1 atom stereocenters. The predicted octanol–water partition coefficient (Wildman–Crippen LogP) is 1.72. The van der Waals surface area contributed by atoms with Crippen molar-refractivity contribution in [3.8, 4) is 0 Å². The van der Waals surface area contributed by atoms with Crippen LogP contribution in [-0.2, 0) is 25.6 Å². The zero-order chi connectivity index (χ0) is 16.4. The van der Waals surface area contributed by atoms with E-state index in [1.165, 1.54) is 10.6 Å². The Bertz CT molecular complexity index is 726. The van der Waals surface area contributed by atoms with E-state index in [1.54, 1.807) is 0 Å². The lowest BCUT2D eigenvalue weighted by molar-refractivity contribution is 0.423. The lowest BCUT2D eigenvalue weighted by atomic mass is 10.2. The summed E-state index contributed by atoms with van der Waals surface area (Å²) in [5, 5.41) is -0.424. The third-order valence-corrected chi connectivity index (χ3v) is 7.60. The molecule has 22 heavy (non-hydrogen) atoms. The standard InChI is InChI=1S/C15H23NO4S2/c1-13-5-3-6-14(11-13)12-22(19,20)16-9-4-7-15(8-10-16)21(2,17)18/h3,5-6,11,15H,4,7-10,12H2,1-2H3. The second-order valence-corrected chi connectivity index (χ2v) is 10.3. The molecule has 1 aromatic rings. The Morgan fingerprint density at radius 2 is 1.86 bits per heavy atom.